The number of hydrogen-bond donors (Lipinski definition) is 1. The lowest BCUT2D eigenvalue weighted by molar-refractivity contribution is 0.163. The number of ether oxygens (including phenoxy) is 2. The number of aliphatic hydroxyl groups excluding tert-OH is 1. The molecule has 0 fully saturated rings. The molecule has 0 saturated heterocycles. The van der Waals surface area contributed by atoms with E-state index in [1.54, 1.807) is 6.20 Å². The van der Waals surface area contributed by atoms with Crippen LogP contribution < -0.4 is 9.47 Å². The van der Waals surface area contributed by atoms with Crippen LogP contribution >= 0.6 is 0 Å². The molecule has 1 heterocycles. The van der Waals surface area contributed by atoms with E-state index in [0.29, 0.717) is 25.3 Å². The number of pyridine rings is 1. The smallest absolute Gasteiger partial charge is 0.161 e. The quantitative estimate of drug-likeness (QED) is 0.810. The summed E-state index contributed by atoms with van der Waals surface area (Å²) in [6.07, 6.45) is 2.52. The largest absolute Gasteiger partial charge is 0.490 e. The molecule has 2 rings (SSSR count). The van der Waals surface area contributed by atoms with Crippen LogP contribution in [-0.4, -0.2) is 23.3 Å². The van der Waals surface area contributed by atoms with Crippen LogP contribution in [0.25, 0.3) is 0 Å². The van der Waals surface area contributed by atoms with Crippen LogP contribution in [0.3, 0.4) is 0 Å². The van der Waals surface area contributed by atoms with E-state index in [1.807, 2.05) is 50.2 Å². The second-order valence-electron chi connectivity index (χ2n) is 4.96. The zero-order valence-corrected chi connectivity index (χ0v) is 13.2. The molecule has 0 aliphatic rings. The van der Waals surface area contributed by atoms with Gasteiger partial charge in [-0.05, 0) is 56.5 Å². The Morgan fingerprint density at radius 1 is 1.05 bits per heavy atom. The molecule has 1 aromatic heterocycles. The van der Waals surface area contributed by atoms with Crippen molar-refractivity contribution in [3.05, 3.63) is 53.9 Å². The summed E-state index contributed by atoms with van der Waals surface area (Å²) in [7, 11) is 0. The molecular formula is C18H23NO3. The SMILES string of the molecule is CCOc1ccc(CCC(O)c2ccccn2)cc1OCC. The summed E-state index contributed by atoms with van der Waals surface area (Å²) in [5.74, 6) is 1.52. The maximum Gasteiger partial charge on any atom is 0.161 e. The highest BCUT2D eigenvalue weighted by molar-refractivity contribution is 5.43. The molecule has 0 amide bonds. The van der Waals surface area contributed by atoms with E-state index < -0.39 is 6.10 Å². The van der Waals surface area contributed by atoms with E-state index in [4.69, 9.17) is 9.47 Å². The average Bonchev–Trinajstić information content (AvgIpc) is 2.56. The highest BCUT2D eigenvalue weighted by atomic mass is 16.5. The normalized spacial score (nSPS) is 12.0. The first kappa shape index (κ1) is 16.3. The molecule has 22 heavy (non-hydrogen) atoms. The molecule has 0 radical (unpaired) electrons. The van der Waals surface area contributed by atoms with E-state index in [2.05, 4.69) is 4.98 Å². The van der Waals surface area contributed by atoms with E-state index in [-0.39, 0.29) is 0 Å². The van der Waals surface area contributed by atoms with Crippen molar-refractivity contribution in [2.75, 3.05) is 13.2 Å². The number of aryl methyl sites for hydroxylation is 1. The summed E-state index contributed by atoms with van der Waals surface area (Å²) < 4.78 is 11.2. The lowest BCUT2D eigenvalue weighted by Gasteiger charge is -2.13. The first-order valence-electron chi connectivity index (χ1n) is 7.72. The van der Waals surface area contributed by atoms with Gasteiger partial charge in [0.1, 0.15) is 0 Å². The van der Waals surface area contributed by atoms with Gasteiger partial charge in [0.05, 0.1) is 25.0 Å². The topological polar surface area (TPSA) is 51.6 Å². The third-order valence-electron chi connectivity index (χ3n) is 3.34. The maximum absolute atomic E-state index is 10.2. The van der Waals surface area contributed by atoms with Crippen LogP contribution in [0.15, 0.2) is 42.6 Å². The number of rotatable bonds is 8. The van der Waals surface area contributed by atoms with E-state index in [9.17, 15) is 5.11 Å². The van der Waals surface area contributed by atoms with Crippen molar-refractivity contribution in [1.82, 2.24) is 4.98 Å². The third-order valence-corrected chi connectivity index (χ3v) is 3.34. The monoisotopic (exact) mass is 301 g/mol. The van der Waals surface area contributed by atoms with Crippen molar-refractivity contribution < 1.29 is 14.6 Å². The van der Waals surface area contributed by atoms with Gasteiger partial charge in [-0.15, -0.1) is 0 Å². The summed E-state index contributed by atoms with van der Waals surface area (Å²) in [6, 6.07) is 11.5. The van der Waals surface area contributed by atoms with Crippen molar-refractivity contribution in [3.8, 4) is 11.5 Å². The Labute approximate surface area is 131 Å². The molecule has 4 heteroatoms. The van der Waals surface area contributed by atoms with Gasteiger partial charge in [0.25, 0.3) is 0 Å². The fourth-order valence-electron chi connectivity index (χ4n) is 2.28. The highest BCUT2D eigenvalue weighted by Crippen LogP contribution is 2.29. The minimum Gasteiger partial charge on any atom is -0.490 e. The lowest BCUT2D eigenvalue weighted by atomic mass is 10.0. The van der Waals surface area contributed by atoms with Crippen LogP contribution in [0.4, 0.5) is 0 Å². The highest BCUT2D eigenvalue weighted by Gasteiger charge is 2.10. The van der Waals surface area contributed by atoms with Crippen molar-refractivity contribution in [1.29, 1.82) is 0 Å². The average molecular weight is 301 g/mol. The summed E-state index contributed by atoms with van der Waals surface area (Å²) in [6.45, 7) is 5.11. The van der Waals surface area contributed by atoms with Crippen LogP contribution in [0.5, 0.6) is 11.5 Å². The van der Waals surface area contributed by atoms with Crippen molar-refractivity contribution in [3.63, 3.8) is 0 Å². The Bertz CT molecular complexity index is 572. The molecule has 1 unspecified atom stereocenters. The first-order chi connectivity index (χ1) is 10.7. The van der Waals surface area contributed by atoms with Gasteiger partial charge in [-0.1, -0.05) is 12.1 Å². The lowest BCUT2D eigenvalue weighted by Crippen LogP contribution is -2.03. The van der Waals surface area contributed by atoms with Crippen molar-refractivity contribution >= 4 is 0 Å². The second-order valence-corrected chi connectivity index (χ2v) is 4.96. The second kappa shape index (κ2) is 8.39. The molecule has 1 atom stereocenters. The molecule has 118 valence electrons. The number of nitrogens with zero attached hydrogens (tertiary/aromatic N) is 1. The molecular weight excluding hydrogens is 278 g/mol. The molecule has 0 aliphatic heterocycles. The predicted octanol–water partition coefficient (Wildman–Crippen LogP) is 3.55. The Balaban J connectivity index is 2.02. The van der Waals surface area contributed by atoms with Gasteiger partial charge in [0, 0.05) is 6.20 Å². The molecule has 0 spiro atoms. The molecule has 0 bridgehead atoms. The molecule has 2 aromatic rings. The van der Waals surface area contributed by atoms with Gasteiger partial charge in [0.15, 0.2) is 11.5 Å². The summed E-state index contributed by atoms with van der Waals surface area (Å²) >= 11 is 0. The standard InChI is InChI=1S/C18H23NO3/c1-3-21-17-11-9-14(13-18(17)22-4-2)8-10-16(20)15-7-5-6-12-19-15/h5-7,9,11-13,16,20H,3-4,8,10H2,1-2H3. The fraction of sp³-hybridized carbons (Fsp3) is 0.389. The number of aliphatic hydroxyl groups is 1. The minimum absolute atomic E-state index is 0.552. The van der Waals surface area contributed by atoms with E-state index >= 15 is 0 Å². The van der Waals surface area contributed by atoms with Crippen LogP contribution in [0.2, 0.25) is 0 Å². The Morgan fingerprint density at radius 3 is 2.50 bits per heavy atom. The van der Waals surface area contributed by atoms with Crippen LogP contribution in [-0.2, 0) is 6.42 Å². The summed E-state index contributed by atoms with van der Waals surface area (Å²) in [4.78, 5) is 4.18. The van der Waals surface area contributed by atoms with Gasteiger partial charge >= 0.3 is 0 Å². The first-order valence-corrected chi connectivity index (χ1v) is 7.72. The van der Waals surface area contributed by atoms with Gasteiger partial charge in [-0.2, -0.15) is 0 Å². The van der Waals surface area contributed by atoms with E-state index in [1.165, 1.54) is 0 Å². The van der Waals surface area contributed by atoms with Gasteiger partial charge in [-0.25, -0.2) is 0 Å². The molecule has 0 saturated carbocycles. The van der Waals surface area contributed by atoms with Gasteiger partial charge < -0.3 is 14.6 Å². The maximum atomic E-state index is 10.2. The molecule has 4 nitrogen and oxygen atoms in total. The van der Waals surface area contributed by atoms with Gasteiger partial charge in [0.2, 0.25) is 0 Å². The zero-order valence-electron chi connectivity index (χ0n) is 13.2. The third kappa shape index (κ3) is 4.46. The fourth-order valence-corrected chi connectivity index (χ4v) is 2.28. The van der Waals surface area contributed by atoms with Crippen molar-refractivity contribution in [2.45, 2.75) is 32.8 Å². The minimum atomic E-state index is -0.552. The Hall–Kier alpha value is -2.07. The van der Waals surface area contributed by atoms with Gasteiger partial charge in [-0.3, -0.25) is 4.98 Å². The predicted molar refractivity (Wildman–Crippen MR) is 86.3 cm³/mol. The zero-order chi connectivity index (χ0) is 15.8. The summed E-state index contributed by atoms with van der Waals surface area (Å²) in [5.41, 5.74) is 1.82. The number of benzene rings is 1. The van der Waals surface area contributed by atoms with Crippen LogP contribution in [0, 0.1) is 0 Å². The Morgan fingerprint density at radius 2 is 1.82 bits per heavy atom. The molecule has 0 aliphatic carbocycles. The van der Waals surface area contributed by atoms with Crippen LogP contribution in [0.1, 0.15) is 37.6 Å². The van der Waals surface area contributed by atoms with Crippen molar-refractivity contribution in [2.24, 2.45) is 0 Å². The number of aromatic nitrogens is 1. The Kier molecular flexibility index (Phi) is 6.22. The van der Waals surface area contributed by atoms with E-state index in [0.717, 1.165) is 23.5 Å². The summed E-state index contributed by atoms with van der Waals surface area (Å²) in [5, 5.41) is 10.2. The molecule has 1 N–H and O–H groups in total. The molecule has 1 aromatic carbocycles. The number of hydrogen-bond acceptors (Lipinski definition) is 4.